The summed E-state index contributed by atoms with van der Waals surface area (Å²) in [4.78, 5) is 28.6. The van der Waals surface area contributed by atoms with E-state index in [-0.39, 0.29) is 36.1 Å². The number of rotatable bonds is 4. The highest BCUT2D eigenvalue weighted by atomic mass is 19.1. The van der Waals surface area contributed by atoms with E-state index >= 15 is 0 Å². The smallest absolute Gasteiger partial charge is 0.233 e. The van der Waals surface area contributed by atoms with Gasteiger partial charge in [-0.05, 0) is 37.3 Å². The average molecular weight is 398 g/mol. The Hall–Kier alpha value is -3.03. The van der Waals surface area contributed by atoms with Crippen LogP contribution in [0.2, 0.25) is 0 Å². The number of carbonyl (C=O) groups is 2. The van der Waals surface area contributed by atoms with Crippen molar-refractivity contribution in [3.8, 4) is 5.88 Å². The maximum atomic E-state index is 13.1. The van der Waals surface area contributed by atoms with Crippen molar-refractivity contribution >= 4 is 17.5 Å². The molecule has 2 amide bonds. The summed E-state index contributed by atoms with van der Waals surface area (Å²) in [6.45, 7) is 3.37. The van der Waals surface area contributed by atoms with E-state index < -0.39 is 0 Å². The molecule has 7 nitrogen and oxygen atoms in total. The zero-order valence-corrected chi connectivity index (χ0v) is 16.3. The van der Waals surface area contributed by atoms with Gasteiger partial charge in [0.25, 0.3) is 0 Å². The van der Waals surface area contributed by atoms with Crippen molar-refractivity contribution in [2.75, 3.05) is 24.5 Å². The van der Waals surface area contributed by atoms with E-state index in [1.807, 2.05) is 17.9 Å². The molecule has 1 atom stereocenters. The molecule has 0 spiro atoms. The Balaban J connectivity index is 1.31. The minimum Gasteiger partial charge on any atom is -0.473 e. The number of ether oxygens (including phenoxy) is 1. The molecule has 2 fully saturated rings. The van der Waals surface area contributed by atoms with Gasteiger partial charge in [-0.1, -0.05) is 0 Å². The summed E-state index contributed by atoms with van der Waals surface area (Å²) < 4.78 is 19.0. The quantitative estimate of drug-likeness (QED) is 0.790. The average Bonchev–Trinajstić information content (AvgIpc) is 3.12. The second-order valence-electron chi connectivity index (χ2n) is 7.54. The number of benzene rings is 1. The molecule has 29 heavy (non-hydrogen) atoms. The van der Waals surface area contributed by atoms with E-state index in [0.717, 1.165) is 5.69 Å². The Morgan fingerprint density at radius 1 is 1.10 bits per heavy atom. The van der Waals surface area contributed by atoms with Gasteiger partial charge >= 0.3 is 0 Å². The van der Waals surface area contributed by atoms with E-state index in [1.165, 1.54) is 12.1 Å². The predicted molar refractivity (Wildman–Crippen MR) is 104 cm³/mol. The van der Waals surface area contributed by atoms with Crippen LogP contribution >= 0.6 is 0 Å². The fourth-order valence-corrected chi connectivity index (χ4v) is 3.82. The molecule has 0 saturated carbocycles. The van der Waals surface area contributed by atoms with Crippen molar-refractivity contribution in [3.05, 3.63) is 47.9 Å². The topological polar surface area (TPSA) is 75.6 Å². The van der Waals surface area contributed by atoms with Gasteiger partial charge in [0.15, 0.2) is 0 Å². The van der Waals surface area contributed by atoms with Crippen molar-refractivity contribution in [1.29, 1.82) is 0 Å². The fraction of sp³-hybridized carbons (Fsp3) is 0.429. The number of likely N-dealkylation sites (tertiary alicyclic amines) is 1. The SMILES string of the molecule is Cc1ccc(OC2CCN(C(=O)[C@@H]3CC(=O)N(c4ccc(F)cc4)C3)CC2)nn1. The lowest BCUT2D eigenvalue weighted by Gasteiger charge is -2.33. The van der Waals surface area contributed by atoms with Gasteiger partial charge in [-0.2, -0.15) is 5.10 Å². The van der Waals surface area contributed by atoms with E-state index in [9.17, 15) is 14.0 Å². The second kappa shape index (κ2) is 8.14. The normalized spacial score (nSPS) is 20.2. The van der Waals surface area contributed by atoms with Crippen molar-refractivity contribution in [2.45, 2.75) is 32.3 Å². The van der Waals surface area contributed by atoms with Gasteiger partial charge in [0.2, 0.25) is 17.7 Å². The molecule has 1 aromatic carbocycles. The highest BCUT2D eigenvalue weighted by Gasteiger charge is 2.38. The van der Waals surface area contributed by atoms with Crippen molar-refractivity contribution in [3.63, 3.8) is 0 Å². The third kappa shape index (κ3) is 4.36. The molecule has 2 aliphatic rings. The van der Waals surface area contributed by atoms with E-state index in [1.54, 1.807) is 23.1 Å². The van der Waals surface area contributed by atoms with Crippen molar-refractivity contribution in [2.24, 2.45) is 5.92 Å². The Labute approximate surface area is 168 Å². The summed E-state index contributed by atoms with van der Waals surface area (Å²) in [5.74, 6) is -0.331. The molecule has 3 heterocycles. The summed E-state index contributed by atoms with van der Waals surface area (Å²) in [7, 11) is 0. The maximum absolute atomic E-state index is 13.1. The minimum atomic E-state index is -0.368. The van der Waals surface area contributed by atoms with Gasteiger partial charge < -0.3 is 14.5 Å². The largest absolute Gasteiger partial charge is 0.473 e. The lowest BCUT2D eigenvalue weighted by atomic mass is 10.0. The molecule has 0 aliphatic carbocycles. The van der Waals surface area contributed by atoms with Crippen LogP contribution in [0.5, 0.6) is 5.88 Å². The number of carbonyl (C=O) groups excluding carboxylic acids is 2. The number of amides is 2. The molecule has 152 valence electrons. The number of halogens is 1. The molecule has 4 rings (SSSR count). The van der Waals surface area contributed by atoms with Gasteiger partial charge in [-0.3, -0.25) is 9.59 Å². The van der Waals surface area contributed by atoms with Crippen LogP contribution in [-0.2, 0) is 9.59 Å². The van der Waals surface area contributed by atoms with Gasteiger partial charge in [0.1, 0.15) is 11.9 Å². The minimum absolute atomic E-state index is 0.00280. The summed E-state index contributed by atoms with van der Waals surface area (Å²) in [5.41, 5.74) is 1.46. The van der Waals surface area contributed by atoms with Gasteiger partial charge in [-0.25, -0.2) is 4.39 Å². The summed E-state index contributed by atoms with van der Waals surface area (Å²) in [6.07, 6.45) is 1.61. The third-order valence-electron chi connectivity index (χ3n) is 5.43. The molecular formula is C21H23FN4O3. The van der Waals surface area contributed by atoms with Crippen LogP contribution in [-0.4, -0.2) is 52.6 Å². The van der Waals surface area contributed by atoms with E-state index in [0.29, 0.717) is 44.0 Å². The molecular weight excluding hydrogens is 375 g/mol. The molecule has 1 aromatic heterocycles. The van der Waals surface area contributed by atoms with Crippen LogP contribution in [0.4, 0.5) is 10.1 Å². The molecule has 0 radical (unpaired) electrons. The lowest BCUT2D eigenvalue weighted by Crippen LogP contribution is -2.45. The molecule has 2 saturated heterocycles. The van der Waals surface area contributed by atoms with Gasteiger partial charge in [0.05, 0.1) is 11.6 Å². The maximum Gasteiger partial charge on any atom is 0.233 e. The molecule has 0 bridgehead atoms. The standard InChI is InChI=1S/C21H23FN4O3/c1-14-2-7-19(24-23-14)29-18-8-10-25(11-9-18)21(28)15-12-20(27)26(13-15)17-5-3-16(22)4-6-17/h2-7,15,18H,8-13H2,1H3/t15-/m1/s1. The number of anilines is 1. The van der Waals surface area contributed by atoms with Crippen LogP contribution in [0, 0.1) is 18.7 Å². The molecule has 8 heteroatoms. The first-order valence-corrected chi connectivity index (χ1v) is 9.81. The number of hydrogen-bond donors (Lipinski definition) is 0. The van der Waals surface area contributed by atoms with Gasteiger partial charge in [0, 0.05) is 50.7 Å². The number of nitrogens with zero attached hydrogens (tertiary/aromatic N) is 4. The third-order valence-corrected chi connectivity index (χ3v) is 5.43. The number of aryl methyl sites for hydroxylation is 1. The first-order chi connectivity index (χ1) is 14.0. The predicted octanol–water partition coefficient (Wildman–Crippen LogP) is 2.35. The summed E-state index contributed by atoms with van der Waals surface area (Å²) in [6, 6.07) is 9.43. The zero-order valence-electron chi connectivity index (χ0n) is 16.3. The highest BCUT2D eigenvalue weighted by molar-refractivity contribution is 6.00. The summed E-state index contributed by atoms with van der Waals surface area (Å²) in [5, 5.41) is 8.01. The second-order valence-corrected chi connectivity index (χ2v) is 7.54. The Morgan fingerprint density at radius 2 is 1.83 bits per heavy atom. The Kier molecular flexibility index (Phi) is 5.42. The number of hydrogen-bond acceptors (Lipinski definition) is 5. The van der Waals surface area contributed by atoms with E-state index in [4.69, 9.17) is 4.74 Å². The summed E-state index contributed by atoms with van der Waals surface area (Å²) >= 11 is 0. The fourth-order valence-electron chi connectivity index (χ4n) is 3.82. The first-order valence-electron chi connectivity index (χ1n) is 9.81. The number of piperidine rings is 1. The first kappa shape index (κ1) is 19.3. The molecule has 0 N–H and O–H groups in total. The van der Waals surface area contributed by atoms with Crippen molar-refractivity contribution < 1.29 is 18.7 Å². The molecule has 0 unspecified atom stereocenters. The Bertz CT molecular complexity index is 880. The highest BCUT2D eigenvalue weighted by Crippen LogP contribution is 2.28. The molecule has 2 aromatic rings. The van der Waals surface area contributed by atoms with Crippen LogP contribution in [0.1, 0.15) is 25.0 Å². The zero-order chi connectivity index (χ0) is 20.4. The van der Waals surface area contributed by atoms with Crippen molar-refractivity contribution in [1.82, 2.24) is 15.1 Å². The van der Waals surface area contributed by atoms with Crippen LogP contribution < -0.4 is 9.64 Å². The monoisotopic (exact) mass is 398 g/mol. The Morgan fingerprint density at radius 3 is 2.48 bits per heavy atom. The van der Waals surface area contributed by atoms with E-state index in [2.05, 4.69) is 10.2 Å². The van der Waals surface area contributed by atoms with Gasteiger partial charge in [-0.15, -0.1) is 5.10 Å². The lowest BCUT2D eigenvalue weighted by molar-refractivity contribution is -0.137. The molecule has 2 aliphatic heterocycles. The number of aromatic nitrogens is 2. The van der Waals surface area contributed by atoms with Crippen LogP contribution in [0.3, 0.4) is 0 Å². The van der Waals surface area contributed by atoms with Crippen LogP contribution in [0.25, 0.3) is 0 Å². The van der Waals surface area contributed by atoms with Crippen LogP contribution in [0.15, 0.2) is 36.4 Å².